The number of rotatable bonds is 3. The van der Waals surface area contributed by atoms with Crippen molar-refractivity contribution in [2.75, 3.05) is 5.32 Å². The van der Waals surface area contributed by atoms with Crippen molar-refractivity contribution in [2.45, 2.75) is 6.92 Å². The number of anilines is 1. The van der Waals surface area contributed by atoms with Crippen molar-refractivity contribution in [2.24, 2.45) is 0 Å². The number of pyridine rings is 1. The molecule has 0 aliphatic carbocycles. The fourth-order valence-corrected chi connectivity index (χ4v) is 2.24. The van der Waals surface area contributed by atoms with Crippen LogP contribution in [-0.2, 0) is 4.79 Å². The minimum atomic E-state index is -0.0661. The van der Waals surface area contributed by atoms with Gasteiger partial charge in [0.1, 0.15) is 0 Å². The minimum Gasteiger partial charge on any atom is -0.326 e. The summed E-state index contributed by atoms with van der Waals surface area (Å²) in [6.45, 7) is 1.50. The quantitative estimate of drug-likeness (QED) is 0.778. The first-order valence-corrected chi connectivity index (χ1v) is 7.12. The number of benzene rings is 2. The third-order valence-electron chi connectivity index (χ3n) is 3.30. The lowest BCUT2D eigenvalue weighted by Gasteiger charge is -2.02. The summed E-state index contributed by atoms with van der Waals surface area (Å²) in [5.41, 5.74) is 3.77. The van der Waals surface area contributed by atoms with Crippen LogP contribution in [0.2, 0.25) is 0 Å². The molecule has 0 atom stereocenters. The van der Waals surface area contributed by atoms with E-state index in [0.29, 0.717) is 0 Å². The Bertz CT molecular complexity index is 835. The molecule has 0 aliphatic rings. The lowest BCUT2D eigenvalue weighted by atomic mass is 10.1. The zero-order valence-corrected chi connectivity index (χ0v) is 12.3. The summed E-state index contributed by atoms with van der Waals surface area (Å²) < 4.78 is 0. The maximum absolute atomic E-state index is 11.0. The number of hydrogen-bond acceptors (Lipinski definition) is 2. The Balaban J connectivity index is 1.78. The number of fused-ring (bicyclic) bond motifs is 1. The summed E-state index contributed by atoms with van der Waals surface area (Å²) in [6.07, 6.45) is 3.99. The second kappa shape index (κ2) is 6.22. The van der Waals surface area contributed by atoms with Gasteiger partial charge >= 0.3 is 0 Å². The van der Waals surface area contributed by atoms with Gasteiger partial charge in [-0.05, 0) is 35.9 Å². The Morgan fingerprint density at radius 1 is 0.955 bits per heavy atom. The molecule has 0 radical (unpaired) electrons. The zero-order valence-electron chi connectivity index (χ0n) is 12.3. The van der Waals surface area contributed by atoms with E-state index in [1.54, 1.807) is 0 Å². The lowest BCUT2D eigenvalue weighted by Crippen LogP contribution is -2.05. The number of nitrogens with zero attached hydrogens (tertiary/aromatic N) is 1. The zero-order chi connectivity index (χ0) is 15.4. The highest BCUT2D eigenvalue weighted by Gasteiger charge is 1.96. The van der Waals surface area contributed by atoms with Crippen LogP contribution in [0.15, 0.2) is 60.7 Å². The molecule has 1 amide bonds. The van der Waals surface area contributed by atoms with Crippen molar-refractivity contribution >= 4 is 34.6 Å². The first-order valence-electron chi connectivity index (χ1n) is 7.12. The van der Waals surface area contributed by atoms with Crippen molar-refractivity contribution in [3.05, 3.63) is 71.9 Å². The third kappa shape index (κ3) is 3.38. The molecule has 2 aromatic carbocycles. The van der Waals surface area contributed by atoms with Crippen molar-refractivity contribution in [3.8, 4) is 0 Å². The number of carbonyl (C=O) groups is 1. The van der Waals surface area contributed by atoms with E-state index in [1.807, 2.05) is 60.7 Å². The molecule has 3 rings (SSSR count). The van der Waals surface area contributed by atoms with Gasteiger partial charge in [0, 0.05) is 18.0 Å². The summed E-state index contributed by atoms with van der Waals surface area (Å²) >= 11 is 0. The van der Waals surface area contributed by atoms with E-state index >= 15 is 0 Å². The van der Waals surface area contributed by atoms with Crippen LogP contribution in [0.25, 0.3) is 23.1 Å². The van der Waals surface area contributed by atoms with Gasteiger partial charge in [-0.3, -0.25) is 4.79 Å². The highest BCUT2D eigenvalue weighted by molar-refractivity contribution is 5.88. The normalized spacial score (nSPS) is 11.0. The standard InChI is InChI=1S/C19H16N2O/c1-14(22)20-17-10-6-15(7-11-17)8-12-18-13-9-16-4-2-3-5-19(16)21-18/h2-13H,1H3,(H,20,22). The summed E-state index contributed by atoms with van der Waals surface area (Å²) in [5.74, 6) is -0.0661. The third-order valence-corrected chi connectivity index (χ3v) is 3.30. The number of carbonyl (C=O) groups excluding carboxylic acids is 1. The maximum atomic E-state index is 11.0. The van der Waals surface area contributed by atoms with Crippen molar-refractivity contribution in [1.29, 1.82) is 0 Å². The molecule has 3 heteroatoms. The average molecular weight is 288 g/mol. The molecule has 108 valence electrons. The number of nitrogens with one attached hydrogen (secondary N) is 1. The molecule has 1 N–H and O–H groups in total. The van der Waals surface area contributed by atoms with Crippen LogP contribution in [0.5, 0.6) is 0 Å². The largest absolute Gasteiger partial charge is 0.326 e. The highest BCUT2D eigenvalue weighted by atomic mass is 16.1. The van der Waals surface area contributed by atoms with Gasteiger partial charge in [0.2, 0.25) is 5.91 Å². The van der Waals surface area contributed by atoms with E-state index in [4.69, 9.17) is 0 Å². The Labute approximate surface area is 129 Å². The summed E-state index contributed by atoms with van der Waals surface area (Å²) in [6, 6.07) is 19.8. The van der Waals surface area contributed by atoms with Gasteiger partial charge in [0.25, 0.3) is 0 Å². The molecule has 0 spiro atoms. The van der Waals surface area contributed by atoms with Gasteiger partial charge in [-0.25, -0.2) is 4.98 Å². The number of aromatic nitrogens is 1. The van der Waals surface area contributed by atoms with Crippen molar-refractivity contribution in [3.63, 3.8) is 0 Å². The smallest absolute Gasteiger partial charge is 0.221 e. The molecular formula is C19H16N2O. The van der Waals surface area contributed by atoms with E-state index in [1.165, 1.54) is 6.92 Å². The molecule has 0 unspecified atom stereocenters. The summed E-state index contributed by atoms with van der Waals surface area (Å²) in [4.78, 5) is 15.6. The minimum absolute atomic E-state index is 0.0661. The molecular weight excluding hydrogens is 272 g/mol. The molecule has 3 aromatic rings. The predicted octanol–water partition coefficient (Wildman–Crippen LogP) is 4.36. The lowest BCUT2D eigenvalue weighted by molar-refractivity contribution is -0.114. The Hall–Kier alpha value is -2.94. The monoisotopic (exact) mass is 288 g/mol. The van der Waals surface area contributed by atoms with Crippen LogP contribution in [0.1, 0.15) is 18.2 Å². The van der Waals surface area contributed by atoms with Gasteiger partial charge in [0.05, 0.1) is 11.2 Å². The fourth-order valence-electron chi connectivity index (χ4n) is 2.24. The second-order valence-corrected chi connectivity index (χ2v) is 5.07. The van der Waals surface area contributed by atoms with Crippen molar-refractivity contribution < 1.29 is 4.79 Å². The van der Waals surface area contributed by atoms with Gasteiger partial charge in [-0.15, -0.1) is 0 Å². The molecule has 0 fully saturated rings. The molecule has 0 bridgehead atoms. The summed E-state index contributed by atoms with van der Waals surface area (Å²) in [7, 11) is 0. The summed E-state index contributed by atoms with van der Waals surface area (Å²) in [5, 5.41) is 3.89. The van der Waals surface area contributed by atoms with Crippen LogP contribution < -0.4 is 5.32 Å². The topological polar surface area (TPSA) is 42.0 Å². The Morgan fingerprint density at radius 3 is 2.50 bits per heavy atom. The van der Waals surface area contributed by atoms with Gasteiger partial charge in [-0.2, -0.15) is 0 Å². The van der Waals surface area contributed by atoms with Gasteiger partial charge in [-0.1, -0.05) is 42.5 Å². The average Bonchev–Trinajstić information content (AvgIpc) is 2.53. The second-order valence-electron chi connectivity index (χ2n) is 5.07. The Kier molecular flexibility index (Phi) is 3.97. The fraction of sp³-hybridized carbons (Fsp3) is 0.0526. The van der Waals surface area contributed by atoms with Crippen LogP contribution in [0.3, 0.4) is 0 Å². The van der Waals surface area contributed by atoms with Gasteiger partial charge < -0.3 is 5.32 Å². The molecule has 3 nitrogen and oxygen atoms in total. The highest BCUT2D eigenvalue weighted by Crippen LogP contribution is 2.15. The predicted molar refractivity (Wildman–Crippen MR) is 91.4 cm³/mol. The van der Waals surface area contributed by atoms with E-state index in [2.05, 4.69) is 22.4 Å². The van der Waals surface area contributed by atoms with Crippen LogP contribution in [0, 0.1) is 0 Å². The van der Waals surface area contributed by atoms with E-state index in [0.717, 1.165) is 27.8 Å². The molecule has 0 aliphatic heterocycles. The molecule has 1 heterocycles. The SMILES string of the molecule is CC(=O)Nc1ccc(C=Cc2ccc3ccccc3n2)cc1. The van der Waals surface area contributed by atoms with E-state index < -0.39 is 0 Å². The van der Waals surface area contributed by atoms with Crippen LogP contribution in [0.4, 0.5) is 5.69 Å². The number of amides is 1. The Morgan fingerprint density at radius 2 is 1.73 bits per heavy atom. The first kappa shape index (κ1) is 14.0. The molecule has 0 saturated heterocycles. The molecule has 0 saturated carbocycles. The molecule has 1 aromatic heterocycles. The van der Waals surface area contributed by atoms with Crippen LogP contribution in [-0.4, -0.2) is 10.9 Å². The van der Waals surface area contributed by atoms with Crippen molar-refractivity contribution in [1.82, 2.24) is 4.98 Å². The first-order chi connectivity index (χ1) is 10.7. The number of hydrogen-bond donors (Lipinski definition) is 1. The van der Waals surface area contributed by atoms with Crippen LogP contribution >= 0.6 is 0 Å². The van der Waals surface area contributed by atoms with E-state index in [9.17, 15) is 4.79 Å². The van der Waals surface area contributed by atoms with E-state index in [-0.39, 0.29) is 5.91 Å². The molecule has 22 heavy (non-hydrogen) atoms. The maximum Gasteiger partial charge on any atom is 0.221 e. The van der Waals surface area contributed by atoms with Gasteiger partial charge in [0.15, 0.2) is 0 Å². The number of para-hydroxylation sites is 1.